The van der Waals surface area contributed by atoms with Crippen LogP contribution in [0.4, 0.5) is 0 Å². The molecule has 1 unspecified atom stereocenters. The molecule has 106 valence electrons. The summed E-state index contributed by atoms with van der Waals surface area (Å²) in [6, 6.07) is 0. The van der Waals surface area contributed by atoms with Gasteiger partial charge in [-0.15, -0.1) is 0 Å². The van der Waals surface area contributed by atoms with Crippen LogP contribution in [0.3, 0.4) is 0 Å². The highest BCUT2D eigenvalue weighted by Gasteiger charge is 2.37. The highest BCUT2D eigenvalue weighted by molar-refractivity contribution is 5.80. The molecule has 0 aromatic heterocycles. The fourth-order valence-corrected chi connectivity index (χ4v) is 2.50. The molecular formula is C14H28N2O2. The van der Waals surface area contributed by atoms with Gasteiger partial charge in [0.05, 0.1) is 24.7 Å². The Morgan fingerprint density at radius 2 is 2.06 bits per heavy atom. The molecule has 0 aliphatic carbocycles. The molecule has 1 atom stereocenters. The number of carbonyl (C=O) groups excluding carboxylic acids is 1. The van der Waals surface area contributed by atoms with E-state index < -0.39 is 0 Å². The van der Waals surface area contributed by atoms with Crippen molar-refractivity contribution < 1.29 is 9.53 Å². The van der Waals surface area contributed by atoms with E-state index >= 15 is 0 Å². The number of amides is 1. The van der Waals surface area contributed by atoms with Gasteiger partial charge < -0.3 is 15.4 Å². The lowest BCUT2D eigenvalue weighted by Gasteiger charge is -2.44. The highest BCUT2D eigenvalue weighted by atomic mass is 16.5. The van der Waals surface area contributed by atoms with Gasteiger partial charge in [-0.1, -0.05) is 20.8 Å². The number of hydrogen-bond donors (Lipinski definition) is 1. The first-order valence-corrected chi connectivity index (χ1v) is 6.77. The largest absolute Gasteiger partial charge is 0.377 e. The topological polar surface area (TPSA) is 55.6 Å². The lowest BCUT2D eigenvalue weighted by molar-refractivity contribution is -0.151. The molecule has 1 fully saturated rings. The van der Waals surface area contributed by atoms with Crippen LogP contribution in [0.15, 0.2) is 0 Å². The smallest absolute Gasteiger partial charge is 0.227 e. The van der Waals surface area contributed by atoms with Crippen molar-refractivity contribution in [2.24, 2.45) is 17.1 Å². The molecule has 1 aliphatic heterocycles. The lowest BCUT2D eigenvalue weighted by Crippen LogP contribution is -2.57. The van der Waals surface area contributed by atoms with Gasteiger partial charge >= 0.3 is 0 Å². The molecule has 1 amide bonds. The highest BCUT2D eigenvalue weighted by Crippen LogP contribution is 2.28. The van der Waals surface area contributed by atoms with Gasteiger partial charge in [-0.3, -0.25) is 4.79 Å². The maximum atomic E-state index is 12.6. The molecular weight excluding hydrogens is 228 g/mol. The zero-order valence-electron chi connectivity index (χ0n) is 12.5. The van der Waals surface area contributed by atoms with E-state index in [2.05, 4.69) is 34.6 Å². The Bertz CT molecular complexity index is 295. The molecule has 0 spiro atoms. The van der Waals surface area contributed by atoms with E-state index in [-0.39, 0.29) is 22.8 Å². The number of carbonyl (C=O) groups is 1. The maximum Gasteiger partial charge on any atom is 0.227 e. The summed E-state index contributed by atoms with van der Waals surface area (Å²) in [4.78, 5) is 14.6. The first kappa shape index (κ1) is 15.4. The summed E-state index contributed by atoms with van der Waals surface area (Å²) >= 11 is 0. The summed E-state index contributed by atoms with van der Waals surface area (Å²) < 4.78 is 5.45. The Balaban J connectivity index is 2.77. The molecule has 1 rings (SSSR count). The van der Waals surface area contributed by atoms with Crippen LogP contribution in [0.1, 0.15) is 41.0 Å². The van der Waals surface area contributed by atoms with E-state index in [1.807, 2.05) is 4.90 Å². The minimum absolute atomic E-state index is 0.0811. The van der Waals surface area contributed by atoms with Crippen molar-refractivity contribution in [2.75, 3.05) is 26.3 Å². The van der Waals surface area contributed by atoms with Gasteiger partial charge in [0.2, 0.25) is 5.91 Å². The van der Waals surface area contributed by atoms with Gasteiger partial charge in [0.15, 0.2) is 0 Å². The van der Waals surface area contributed by atoms with Crippen LogP contribution in [-0.4, -0.2) is 42.6 Å². The molecule has 0 aromatic carbocycles. The summed E-state index contributed by atoms with van der Waals surface area (Å²) in [7, 11) is 0. The maximum absolute atomic E-state index is 12.6. The fourth-order valence-electron chi connectivity index (χ4n) is 2.50. The fraction of sp³-hybridized carbons (Fsp3) is 0.929. The predicted molar refractivity (Wildman–Crippen MR) is 73.2 cm³/mol. The van der Waals surface area contributed by atoms with E-state index in [9.17, 15) is 4.79 Å². The van der Waals surface area contributed by atoms with Gasteiger partial charge in [-0.05, 0) is 25.7 Å². The van der Waals surface area contributed by atoms with Gasteiger partial charge in [-0.2, -0.15) is 0 Å². The minimum atomic E-state index is -0.222. The summed E-state index contributed by atoms with van der Waals surface area (Å²) in [5.74, 6) is 0.100. The number of nitrogens with zero attached hydrogens (tertiary/aromatic N) is 1. The second kappa shape index (κ2) is 5.57. The molecule has 0 radical (unpaired) electrons. The van der Waals surface area contributed by atoms with E-state index in [0.717, 1.165) is 6.42 Å². The Labute approximate surface area is 111 Å². The van der Waals surface area contributed by atoms with Crippen molar-refractivity contribution in [1.82, 2.24) is 4.90 Å². The van der Waals surface area contributed by atoms with Crippen molar-refractivity contribution in [3.63, 3.8) is 0 Å². The zero-order valence-corrected chi connectivity index (χ0v) is 12.5. The second-order valence-electron chi connectivity index (χ2n) is 7.05. The molecule has 0 saturated carbocycles. The molecule has 4 nitrogen and oxygen atoms in total. The van der Waals surface area contributed by atoms with Crippen LogP contribution >= 0.6 is 0 Å². The second-order valence-corrected chi connectivity index (χ2v) is 7.05. The SMILES string of the molecule is CC(C)(C)CC(CN)C(=O)N1CCOCC1(C)C. The third-order valence-corrected chi connectivity index (χ3v) is 3.40. The Hall–Kier alpha value is -0.610. The molecule has 4 heteroatoms. The molecule has 18 heavy (non-hydrogen) atoms. The van der Waals surface area contributed by atoms with Gasteiger partial charge in [0.1, 0.15) is 0 Å². The normalized spacial score (nSPS) is 21.8. The summed E-state index contributed by atoms with van der Waals surface area (Å²) in [6.07, 6.45) is 0.829. The van der Waals surface area contributed by atoms with E-state index in [0.29, 0.717) is 26.3 Å². The van der Waals surface area contributed by atoms with Gasteiger partial charge in [-0.25, -0.2) is 0 Å². The third kappa shape index (κ3) is 3.95. The molecule has 0 bridgehead atoms. The van der Waals surface area contributed by atoms with Gasteiger partial charge in [0, 0.05) is 13.1 Å². The zero-order chi connectivity index (χ0) is 14.0. The Morgan fingerprint density at radius 3 is 2.50 bits per heavy atom. The first-order chi connectivity index (χ1) is 8.17. The van der Waals surface area contributed by atoms with Crippen molar-refractivity contribution in [3.05, 3.63) is 0 Å². The number of morpholine rings is 1. The van der Waals surface area contributed by atoms with E-state index in [1.165, 1.54) is 0 Å². The first-order valence-electron chi connectivity index (χ1n) is 6.77. The van der Waals surface area contributed by atoms with Crippen LogP contribution in [0.2, 0.25) is 0 Å². The number of nitrogens with two attached hydrogens (primary N) is 1. The quantitative estimate of drug-likeness (QED) is 0.835. The molecule has 0 aromatic rings. The average Bonchev–Trinajstić information content (AvgIpc) is 2.23. The third-order valence-electron chi connectivity index (χ3n) is 3.40. The summed E-state index contributed by atoms with van der Waals surface area (Å²) in [6.45, 7) is 12.9. The van der Waals surface area contributed by atoms with Crippen molar-refractivity contribution >= 4 is 5.91 Å². The monoisotopic (exact) mass is 256 g/mol. The number of hydrogen-bond acceptors (Lipinski definition) is 3. The van der Waals surface area contributed by atoms with Crippen molar-refractivity contribution in [3.8, 4) is 0 Å². The van der Waals surface area contributed by atoms with E-state index in [1.54, 1.807) is 0 Å². The predicted octanol–water partition coefficient (Wildman–Crippen LogP) is 1.63. The Kier molecular flexibility index (Phi) is 4.78. The molecule has 1 aliphatic rings. The minimum Gasteiger partial charge on any atom is -0.377 e. The summed E-state index contributed by atoms with van der Waals surface area (Å²) in [5, 5.41) is 0. The molecule has 1 heterocycles. The van der Waals surface area contributed by atoms with Crippen LogP contribution < -0.4 is 5.73 Å². The number of rotatable bonds is 3. The molecule has 1 saturated heterocycles. The van der Waals surface area contributed by atoms with Crippen molar-refractivity contribution in [1.29, 1.82) is 0 Å². The lowest BCUT2D eigenvalue weighted by atomic mass is 9.83. The van der Waals surface area contributed by atoms with Crippen LogP contribution in [0.5, 0.6) is 0 Å². The van der Waals surface area contributed by atoms with Crippen LogP contribution in [0.25, 0.3) is 0 Å². The number of ether oxygens (including phenoxy) is 1. The van der Waals surface area contributed by atoms with Crippen LogP contribution in [0, 0.1) is 11.3 Å². The standard InChI is InChI=1S/C14H28N2O2/c1-13(2,3)8-11(9-15)12(17)16-6-7-18-10-14(16,4)5/h11H,6-10,15H2,1-5H3. The van der Waals surface area contributed by atoms with E-state index in [4.69, 9.17) is 10.5 Å². The average molecular weight is 256 g/mol. The van der Waals surface area contributed by atoms with Crippen molar-refractivity contribution in [2.45, 2.75) is 46.6 Å². The Morgan fingerprint density at radius 1 is 1.44 bits per heavy atom. The molecule has 2 N–H and O–H groups in total. The summed E-state index contributed by atoms with van der Waals surface area (Å²) in [5.41, 5.74) is 5.70. The van der Waals surface area contributed by atoms with Crippen LogP contribution in [-0.2, 0) is 9.53 Å². The van der Waals surface area contributed by atoms with Gasteiger partial charge in [0.25, 0.3) is 0 Å².